The first kappa shape index (κ1) is 25.0. The summed E-state index contributed by atoms with van der Waals surface area (Å²) in [7, 11) is 1.86. The van der Waals surface area contributed by atoms with Crippen molar-refractivity contribution >= 4 is 17.8 Å². The van der Waals surface area contributed by atoms with Crippen LogP contribution in [-0.2, 0) is 20.9 Å². The van der Waals surface area contributed by atoms with E-state index in [1.165, 1.54) is 25.7 Å². The van der Waals surface area contributed by atoms with Gasteiger partial charge in [-0.3, -0.25) is 14.6 Å². The molecule has 2 saturated carbocycles. The second kappa shape index (κ2) is 10.1. The number of aromatic nitrogens is 1. The van der Waals surface area contributed by atoms with Crippen LogP contribution < -0.4 is 0 Å². The van der Waals surface area contributed by atoms with E-state index in [0.717, 1.165) is 31.6 Å². The van der Waals surface area contributed by atoms with Crippen molar-refractivity contribution in [1.29, 1.82) is 0 Å². The van der Waals surface area contributed by atoms with Gasteiger partial charge >= 0.3 is 12.1 Å². The maximum absolute atomic E-state index is 12.8. The maximum atomic E-state index is 12.8. The number of hydrogen-bond acceptors (Lipinski definition) is 4. The number of rotatable bonds is 5. The second-order valence-electron chi connectivity index (χ2n) is 9.36. The molecule has 3 aliphatic rings. The minimum atomic E-state index is -5.08. The van der Waals surface area contributed by atoms with E-state index >= 15 is 0 Å². The summed E-state index contributed by atoms with van der Waals surface area (Å²) >= 11 is 0. The first-order valence-corrected chi connectivity index (χ1v) is 11.2. The number of likely N-dealkylation sites (tertiary alicyclic amines) is 1. The summed E-state index contributed by atoms with van der Waals surface area (Å²) in [5.41, 5.74) is 0.971. The SMILES string of the molecule is CN(Cc1ccccn1)C(=O)C1CC12CCN(C(=O)CC1CCCC1)C2.O=C(O)C(F)(F)F. The molecule has 2 heterocycles. The number of pyridine rings is 1. The highest BCUT2D eigenvalue weighted by atomic mass is 19.4. The van der Waals surface area contributed by atoms with E-state index in [1.807, 2.05) is 30.1 Å². The molecule has 2 amide bonds. The van der Waals surface area contributed by atoms with Crippen LogP contribution in [0.3, 0.4) is 0 Å². The Kier molecular flexibility index (Phi) is 7.64. The predicted octanol–water partition coefficient (Wildman–Crippen LogP) is 3.49. The zero-order valence-corrected chi connectivity index (χ0v) is 18.7. The number of halogens is 3. The van der Waals surface area contributed by atoms with Gasteiger partial charge in [0.2, 0.25) is 11.8 Å². The molecule has 10 heteroatoms. The number of hydrogen-bond donors (Lipinski definition) is 1. The van der Waals surface area contributed by atoms with Gasteiger partial charge in [-0.2, -0.15) is 13.2 Å². The first-order valence-electron chi connectivity index (χ1n) is 11.2. The van der Waals surface area contributed by atoms with Crippen molar-refractivity contribution in [1.82, 2.24) is 14.8 Å². The highest BCUT2D eigenvalue weighted by Gasteiger charge is 2.61. The standard InChI is InChI=1S/C21H29N3O2.C2HF3O2/c1-23(14-17-8-4-5-10-22-17)20(26)18-13-21(18)9-11-24(15-21)19(25)12-16-6-2-3-7-16;3-2(4,5)1(6)7/h4-5,8,10,16,18H,2-3,6-7,9,11-15H2,1H3;(H,6,7). The molecule has 2 aliphatic carbocycles. The average Bonchev–Trinajstić information content (AvgIpc) is 3.07. The molecule has 2 unspecified atom stereocenters. The maximum Gasteiger partial charge on any atom is 0.490 e. The van der Waals surface area contributed by atoms with Gasteiger partial charge in [0.15, 0.2) is 0 Å². The van der Waals surface area contributed by atoms with E-state index in [-0.39, 0.29) is 17.2 Å². The van der Waals surface area contributed by atoms with Gasteiger partial charge < -0.3 is 14.9 Å². The van der Waals surface area contributed by atoms with E-state index in [4.69, 9.17) is 9.90 Å². The quantitative estimate of drug-likeness (QED) is 0.713. The largest absolute Gasteiger partial charge is 0.490 e. The van der Waals surface area contributed by atoms with Crippen LogP contribution in [-0.4, -0.2) is 64.0 Å². The van der Waals surface area contributed by atoms with Gasteiger partial charge in [0, 0.05) is 44.1 Å². The number of aliphatic carboxylic acids is 1. The summed E-state index contributed by atoms with van der Waals surface area (Å²) in [6, 6.07) is 5.78. The zero-order chi connectivity index (χ0) is 24.2. The molecule has 4 rings (SSSR count). The highest BCUT2D eigenvalue weighted by molar-refractivity contribution is 5.83. The number of carbonyl (C=O) groups is 3. The summed E-state index contributed by atoms with van der Waals surface area (Å²) in [5.74, 6) is -1.55. The fourth-order valence-electron chi connectivity index (χ4n) is 4.93. The van der Waals surface area contributed by atoms with Crippen LogP contribution in [0.15, 0.2) is 24.4 Å². The fourth-order valence-corrected chi connectivity index (χ4v) is 4.93. The third-order valence-electron chi connectivity index (χ3n) is 6.91. The molecule has 3 fully saturated rings. The summed E-state index contributed by atoms with van der Waals surface area (Å²) in [4.78, 5) is 42.4. The normalized spacial score (nSPS) is 24.4. The van der Waals surface area contributed by atoms with Crippen LogP contribution in [0.25, 0.3) is 0 Å². The van der Waals surface area contributed by atoms with Gasteiger partial charge in [-0.05, 0) is 43.7 Å². The summed E-state index contributed by atoms with van der Waals surface area (Å²) < 4.78 is 31.7. The van der Waals surface area contributed by atoms with Gasteiger partial charge in [0.1, 0.15) is 0 Å². The summed E-state index contributed by atoms with van der Waals surface area (Å²) in [6.45, 7) is 2.17. The predicted molar refractivity (Wildman–Crippen MR) is 113 cm³/mol. The number of nitrogens with zero attached hydrogens (tertiary/aromatic N) is 3. The van der Waals surface area contributed by atoms with Crippen molar-refractivity contribution in [3.8, 4) is 0 Å². The molecule has 0 bridgehead atoms. The molecule has 1 aliphatic heterocycles. The fraction of sp³-hybridized carbons (Fsp3) is 0.652. The Hall–Kier alpha value is -2.65. The minimum absolute atomic E-state index is 0.0563. The van der Waals surface area contributed by atoms with Crippen molar-refractivity contribution in [3.63, 3.8) is 0 Å². The van der Waals surface area contributed by atoms with Crippen LogP contribution in [0, 0.1) is 17.3 Å². The average molecular weight is 470 g/mol. The molecular formula is C23H30F3N3O4. The Morgan fingerprint density at radius 2 is 1.91 bits per heavy atom. The number of carboxylic acid groups (broad SMARTS) is 1. The second-order valence-corrected chi connectivity index (χ2v) is 9.36. The van der Waals surface area contributed by atoms with E-state index in [9.17, 15) is 22.8 Å². The van der Waals surface area contributed by atoms with Gasteiger partial charge in [-0.25, -0.2) is 4.79 Å². The van der Waals surface area contributed by atoms with Gasteiger partial charge in [0.25, 0.3) is 0 Å². The van der Waals surface area contributed by atoms with Crippen molar-refractivity contribution in [2.75, 3.05) is 20.1 Å². The lowest BCUT2D eigenvalue weighted by Gasteiger charge is -2.20. The van der Waals surface area contributed by atoms with E-state index < -0.39 is 12.1 Å². The Morgan fingerprint density at radius 1 is 1.24 bits per heavy atom. The highest BCUT2D eigenvalue weighted by Crippen LogP contribution is 2.59. The molecule has 1 N–H and O–H groups in total. The van der Waals surface area contributed by atoms with E-state index in [2.05, 4.69) is 4.98 Å². The van der Waals surface area contributed by atoms with Crippen molar-refractivity contribution in [2.45, 2.75) is 57.7 Å². The molecular weight excluding hydrogens is 439 g/mol. The number of amides is 2. The Balaban J connectivity index is 0.000000383. The van der Waals surface area contributed by atoms with Gasteiger partial charge in [-0.15, -0.1) is 0 Å². The molecule has 1 saturated heterocycles. The third kappa shape index (κ3) is 6.45. The molecule has 1 aromatic rings. The van der Waals surface area contributed by atoms with Crippen LogP contribution >= 0.6 is 0 Å². The van der Waals surface area contributed by atoms with Gasteiger partial charge in [0.05, 0.1) is 12.2 Å². The number of carbonyl (C=O) groups excluding carboxylic acids is 2. The summed E-state index contributed by atoms with van der Waals surface area (Å²) in [5, 5.41) is 7.12. The smallest absolute Gasteiger partial charge is 0.475 e. The third-order valence-corrected chi connectivity index (χ3v) is 6.91. The molecule has 33 heavy (non-hydrogen) atoms. The lowest BCUT2D eigenvalue weighted by molar-refractivity contribution is -0.192. The van der Waals surface area contributed by atoms with Gasteiger partial charge in [-0.1, -0.05) is 18.9 Å². The number of alkyl halides is 3. The molecule has 182 valence electrons. The monoisotopic (exact) mass is 469 g/mol. The lowest BCUT2D eigenvalue weighted by Crippen LogP contribution is -2.32. The zero-order valence-electron chi connectivity index (χ0n) is 18.7. The molecule has 0 aromatic carbocycles. The van der Waals surface area contributed by atoms with Crippen molar-refractivity contribution < 1.29 is 32.7 Å². The Bertz CT molecular complexity index is 858. The first-order chi connectivity index (χ1) is 15.5. The molecule has 1 aromatic heterocycles. The van der Waals surface area contributed by atoms with Crippen LogP contribution in [0.1, 0.15) is 50.6 Å². The van der Waals surface area contributed by atoms with E-state index in [0.29, 0.717) is 24.8 Å². The minimum Gasteiger partial charge on any atom is -0.475 e. The molecule has 0 radical (unpaired) electrons. The topological polar surface area (TPSA) is 90.8 Å². The number of carboxylic acids is 1. The Morgan fingerprint density at radius 3 is 2.48 bits per heavy atom. The Labute approximate surface area is 191 Å². The molecule has 7 nitrogen and oxygen atoms in total. The van der Waals surface area contributed by atoms with Crippen molar-refractivity contribution in [2.24, 2.45) is 17.3 Å². The summed E-state index contributed by atoms with van der Waals surface area (Å²) in [6.07, 6.45) is 4.30. The lowest BCUT2D eigenvalue weighted by atomic mass is 10.0. The van der Waals surface area contributed by atoms with Crippen LogP contribution in [0.2, 0.25) is 0 Å². The molecule has 1 spiro atoms. The molecule has 2 atom stereocenters. The van der Waals surface area contributed by atoms with Crippen molar-refractivity contribution in [3.05, 3.63) is 30.1 Å². The van der Waals surface area contributed by atoms with Crippen LogP contribution in [0.5, 0.6) is 0 Å². The van der Waals surface area contributed by atoms with Crippen LogP contribution in [0.4, 0.5) is 13.2 Å². The van der Waals surface area contributed by atoms with E-state index in [1.54, 1.807) is 11.1 Å².